The standard InChI is InChI=1S/C27H33ClN6O2/c1-17-15-34(16-18(2)32-17)23-9-7-22(8-10-23)33-27-30-13-19(14-31-27)5-6-20-11-21(26(35)29-3)12-24(36-4)25(20)28/h7-14,17-18,32H,5-6,15-16H2,1-4H3,(H,29,35)(H,30,31,33)/t17-,18?/m1/s1. The molecule has 36 heavy (non-hydrogen) atoms. The molecular formula is C27H33ClN6O2. The van der Waals surface area contributed by atoms with E-state index in [1.807, 2.05) is 0 Å². The van der Waals surface area contributed by atoms with Crippen molar-refractivity contribution >= 4 is 34.8 Å². The van der Waals surface area contributed by atoms with E-state index in [9.17, 15) is 4.79 Å². The molecule has 2 atom stereocenters. The first-order chi connectivity index (χ1) is 17.4. The number of ether oxygens (including phenoxy) is 1. The van der Waals surface area contributed by atoms with Gasteiger partial charge in [-0.05, 0) is 74.2 Å². The number of aromatic nitrogens is 2. The Labute approximate surface area is 217 Å². The van der Waals surface area contributed by atoms with Gasteiger partial charge in [-0.3, -0.25) is 4.79 Å². The molecule has 1 amide bonds. The topological polar surface area (TPSA) is 91.4 Å². The second-order valence-corrected chi connectivity index (χ2v) is 9.57. The van der Waals surface area contributed by atoms with Crippen LogP contribution in [0.1, 0.15) is 35.3 Å². The monoisotopic (exact) mass is 508 g/mol. The van der Waals surface area contributed by atoms with Crippen LogP contribution in [0.3, 0.4) is 0 Å². The van der Waals surface area contributed by atoms with Gasteiger partial charge in [0.05, 0.1) is 12.1 Å². The van der Waals surface area contributed by atoms with Gasteiger partial charge in [-0.1, -0.05) is 11.6 Å². The number of nitrogens with one attached hydrogen (secondary N) is 3. The fourth-order valence-electron chi connectivity index (χ4n) is 4.51. The van der Waals surface area contributed by atoms with Gasteiger partial charge in [0.15, 0.2) is 0 Å². The zero-order valence-corrected chi connectivity index (χ0v) is 21.9. The lowest BCUT2D eigenvalue weighted by Crippen LogP contribution is -2.54. The summed E-state index contributed by atoms with van der Waals surface area (Å²) in [5.74, 6) is 0.836. The Kier molecular flexibility index (Phi) is 8.28. The molecule has 2 heterocycles. The summed E-state index contributed by atoms with van der Waals surface area (Å²) >= 11 is 6.48. The van der Waals surface area contributed by atoms with Crippen molar-refractivity contribution in [2.75, 3.05) is 37.5 Å². The van der Waals surface area contributed by atoms with Gasteiger partial charge in [0.25, 0.3) is 5.91 Å². The van der Waals surface area contributed by atoms with Gasteiger partial charge in [-0.25, -0.2) is 9.97 Å². The third kappa shape index (κ3) is 6.25. The van der Waals surface area contributed by atoms with Crippen LogP contribution >= 0.6 is 11.6 Å². The molecule has 1 aliphatic heterocycles. The van der Waals surface area contributed by atoms with Gasteiger partial charge in [-0.2, -0.15) is 0 Å². The first-order valence-electron chi connectivity index (χ1n) is 12.1. The van der Waals surface area contributed by atoms with Gasteiger partial charge >= 0.3 is 0 Å². The number of methoxy groups -OCH3 is 1. The number of anilines is 3. The van der Waals surface area contributed by atoms with E-state index in [4.69, 9.17) is 16.3 Å². The van der Waals surface area contributed by atoms with E-state index in [0.717, 1.165) is 29.9 Å². The molecule has 8 nitrogen and oxygen atoms in total. The summed E-state index contributed by atoms with van der Waals surface area (Å²) in [6.07, 6.45) is 4.92. The average Bonchev–Trinajstić information content (AvgIpc) is 2.88. The number of nitrogens with zero attached hydrogens (tertiary/aromatic N) is 3. The fraction of sp³-hybridized carbons (Fsp3) is 0.370. The molecule has 4 rings (SSSR count). The molecule has 1 unspecified atom stereocenters. The molecule has 3 N–H and O–H groups in total. The highest BCUT2D eigenvalue weighted by Gasteiger charge is 2.21. The SMILES string of the molecule is CNC(=O)c1cc(CCc2cnc(Nc3ccc(N4CC(C)N[C@H](C)C4)cc3)nc2)c(Cl)c(OC)c1. The van der Waals surface area contributed by atoms with Crippen LogP contribution in [0.25, 0.3) is 0 Å². The minimum atomic E-state index is -0.185. The number of carbonyl (C=O) groups excluding carboxylic acids is 1. The summed E-state index contributed by atoms with van der Waals surface area (Å²) in [5.41, 5.74) is 4.47. The van der Waals surface area contributed by atoms with Crippen LogP contribution in [-0.2, 0) is 12.8 Å². The van der Waals surface area contributed by atoms with E-state index in [1.54, 1.807) is 31.6 Å². The average molecular weight is 509 g/mol. The Balaban J connectivity index is 1.37. The number of hydrogen-bond acceptors (Lipinski definition) is 7. The van der Waals surface area contributed by atoms with Crippen molar-refractivity contribution in [3.05, 3.63) is 70.5 Å². The maximum absolute atomic E-state index is 12.1. The second kappa shape index (κ2) is 11.6. The highest BCUT2D eigenvalue weighted by atomic mass is 35.5. The van der Waals surface area contributed by atoms with E-state index < -0.39 is 0 Å². The van der Waals surface area contributed by atoms with Crippen molar-refractivity contribution in [2.24, 2.45) is 0 Å². The van der Waals surface area contributed by atoms with Crippen molar-refractivity contribution in [2.45, 2.75) is 38.8 Å². The molecule has 0 saturated carbocycles. The largest absolute Gasteiger partial charge is 0.495 e. The third-order valence-electron chi connectivity index (χ3n) is 6.26. The Hall–Kier alpha value is -3.36. The van der Waals surface area contributed by atoms with E-state index in [-0.39, 0.29) is 5.91 Å². The number of rotatable bonds is 8. The van der Waals surface area contributed by atoms with Crippen molar-refractivity contribution < 1.29 is 9.53 Å². The second-order valence-electron chi connectivity index (χ2n) is 9.19. The highest BCUT2D eigenvalue weighted by molar-refractivity contribution is 6.33. The maximum atomic E-state index is 12.1. The molecule has 0 bridgehead atoms. The van der Waals surface area contributed by atoms with Gasteiger partial charge in [-0.15, -0.1) is 0 Å². The van der Waals surface area contributed by atoms with E-state index in [0.29, 0.717) is 47.2 Å². The summed E-state index contributed by atoms with van der Waals surface area (Å²) in [5, 5.41) is 9.98. The quantitative estimate of drug-likeness (QED) is 0.419. The van der Waals surface area contributed by atoms with Crippen LogP contribution in [0.4, 0.5) is 17.3 Å². The van der Waals surface area contributed by atoms with Gasteiger partial charge in [0, 0.05) is 61.6 Å². The lowest BCUT2D eigenvalue weighted by atomic mass is 10.0. The molecule has 0 spiro atoms. The lowest BCUT2D eigenvalue weighted by Gasteiger charge is -2.37. The number of aryl methyl sites for hydroxylation is 2. The van der Waals surface area contributed by atoms with Gasteiger partial charge in [0.2, 0.25) is 5.95 Å². The molecular weight excluding hydrogens is 476 g/mol. The Morgan fingerprint density at radius 3 is 2.39 bits per heavy atom. The number of carbonyl (C=O) groups is 1. The van der Waals surface area contributed by atoms with Crippen molar-refractivity contribution in [1.82, 2.24) is 20.6 Å². The molecule has 0 aliphatic carbocycles. The predicted molar refractivity (Wildman–Crippen MR) is 145 cm³/mol. The number of hydrogen-bond donors (Lipinski definition) is 3. The predicted octanol–water partition coefficient (Wildman–Crippen LogP) is 4.21. The van der Waals surface area contributed by atoms with Gasteiger partial charge < -0.3 is 25.6 Å². The third-order valence-corrected chi connectivity index (χ3v) is 6.69. The molecule has 1 aromatic heterocycles. The Morgan fingerprint density at radius 2 is 1.78 bits per heavy atom. The molecule has 190 valence electrons. The van der Waals surface area contributed by atoms with Crippen LogP contribution in [0.2, 0.25) is 5.02 Å². The zero-order chi connectivity index (χ0) is 25.7. The smallest absolute Gasteiger partial charge is 0.251 e. The summed E-state index contributed by atoms with van der Waals surface area (Å²) in [7, 11) is 3.13. The molecule has 0 radical (unpaired) electrons. The molecule has 3 aromatic rings. The minimum absolute atomic E-state index is 0.185. The molecule has 1 saturated heterocycles. The minimum Gasteiger partial charge on any atom is -0.495 e. The van der Waals surface area contributed by atoms with Crippen LogP contribution in [0.15, 0.2) is 48.8 Å². The number of piperazine rings is 1. The molecule has 1 fully saturated rings. The normalized spacial score (nSPS) is 17.5. The van der Waals surface area contributed by atoms with Crippen LogP contribution in [-0.4, -0.2) is 55.2 Å². The molecule has 9 heteroatoms. The van der Waals surface area contributed by atoms with Crippen LogP contribution in [0, 0.1) is 0 Å². The molecule has 1 aliphatic rings. The van der Waals surface area contributed by atoms with Crippen LogP contribution in [0.5, 0.6) is 5.75 Å². The molecule has 2 aromatic carbocycles. The Morgan fingerprint density at radius 1 is 1.11 bits per heavy atom. The van der Waals surface area contributed by atoms with E-state index in [1.165, 1.54) is 12.8 Å². The maximum Gasteiger partial charge on any atom is 0.251 e. The number of amides is 1. The summed E-state index contributed by atoms with van der Waals surface area (Å²) in [6, 6.07) is 12.8. The zero-order valence-electron chi connectivity index (χ0n) is 21.1. The summed E-state index contributed by atoms with van der Waals surface area (Å²) < 4.78 is 5.35. The lowest BCUT2D eigenvalue weighted by molar-refractivity contribution is 0.0962. The van der Waals surface area contributed by atoms with Crippen molar-refractivity contribution in [3.63, 3.8) is 0 Å². The number of benzene rings is 2. The number of halogens is 1. The fourth-order valence-corrected chi connectivity index (χ4v) is 4.79. The van der Waals surface area contributed by atoms with E-state index in [2.05, 4.69) is 68.9 Å². The first kappa shape index (κ1) is 25.7. The van der Waals surface area contributed by atoms with Crippen LogP contribution < -0.4 is 25.6 Å². The highest BCUT2D eigenvalue weighted by Crippen LogP contribution is 2.31. The summed E-state index contributed by atoms with van der Waals surface area (Å²) in [6.45, 7) is 6.42. The van der Waals surface area contributed by atoms with Gasteiger partial charge in [0.1, 0.15) is 5.75 Å². The van der Waals surface area contributed by atoms with Crippen molar-refractivity contribution in [3.8, 4) is 5.75 Å². The van der Waals surface area contributed by atoms with Crippen molar-refractivity contribution in [1.29, 1.82) is 0 Å². The van der Waals surface area contributed by atoms with E-state index >= 15 is 0 Å². The Bertz CT molecular complexity index is 1180. The first-order valence-corrected chi connectivity index (χ1v) is 12.5. The summed E-state index contributed by atoms with van der Waals surface area (Å²) in [4.78, 5) is 23.4.